The smallest absolute Gasteiger partial charge is 0.456 e. The van der Waals surface area contributed by atoms with Gasteiger partial charge in [-0.05, 0) is 40.8 Å². The summed E-state index contributed by atoms with van der Waals surface area (Å²) in [6, 6.07) is 4.48. The van der Waals surface area contributed by atoms with E-state index in [2.05, 4.69) is 4.74 Å². The molecule has 0 aliphatic rings. The van der Waals surface area contributed by atoms with E-state index in [0.29, 0.717) is 3.57 Å². The van der Waals surface area contributed by atoms with E-state index in [1.54, 1.807) is 6.07 Å². The van der Waals surface area contributed by atoms with Crippen LogP contribution < -0.4 is 4.74 Å². The molecule has 0 bridgehead atoms. The molecule has 0 unspecified atom stereocenters. The highest BCUT2D eigenvalue weighted by Gasteiger charge is 2.40. The average Bonchev–Trinajstić information content (AvgIpc) is 2.28. The van der Waals surface area contributed by atoms with Crippen molar-refractivity contribution < 1.29 is 33.0 Å². The minimum atomic E-state index is -4.30. The molecule has 0 saturated carbocycles. The monoisotopic (exact) mass is 386 g/mol. The summed E-state index contributed by atoms with van der Waals surface area (Å²) in [5.74, 6) is -2.95. The van der Waals surface area contributed by atoms with E-state index < -0.39 is 24.7 Å². The van der Waals surface area contributed by atoms with Crippen molar-refractivity contribution in [3.63, 3.8) is 0 Å². The van der Waals surface area contributed by atoms with Crippen LogP contribution in [0.5, 0.6) is 5.75 Å². The zero-order chi connectivity index (χ0) is 14.6. The van der Waals surface area contributed by atoms with Crippen LogP contribution in [-0.2, 0) is 20.9 Å². The summed E-state index contributed by atoms with van der Waals surface area (Å²) in [7, 11) is 0. The number of carboxylic acid groups (broad SMARTS) is 1. The maximum Gasteiger partial charge on any atom is 0.456 e. The number of alkyl halides is 2. The number of aliphatic carboxylic acids is 1. The van der Waals surface area contributed by atoms with Crippen molar-refractivity contribution in [1.82, 2.24) is 0 Å². The van der Waals surface area contributed by atoms with E-state index >= 15 is 0 Å². The highest BCUT2D eigenvalue weighted by molar-refractivity contribution is 14.1. The summed E-state index contributed by atoms with van der Waals surface area (Å²) in [5.41, 5.74) is 0.156. The highest BCUT2D eigenvalue weighted by Crippen LogP contribution is 2.25. The molecular weight excluding hydrogens is 377 g/mol. The second kappa shape index (κ2) is 6.24. The average molecular weight is 386 g/mol. The van der Waals surface area contributed by atoms with Crippen molar-refractivity contribution in [1.29, 1.82) is 0 Å². The molecule has 1 rings (SSSR count). The van der Waals surface area contributed by atoms with Crippen LogP contribution >= 0.6 is 22.6 Å². The second-order valence-electron chi connectivity index (χ2n) is 3.46. The Hall–Kier alpha value is -1.29. The molecule has 0 radical (unpaired) electrons. The standard InChI is InChI=1S/C11H9F2IO5/c1-6(15)19-9-3-2-8(14)4-7(9)5-18-11(12,13)10(16)17/h2-4H,5H2,1H3,(H,16,17). The number of rotatable bonds is 5. The lowest BCUT2D eigenvalue weighted by Crippen LogP contribution is -2.31. The number of carboxylic acids is 1. The Morgan fingerprint density at radius 3 is 2.58 bits per heavy atom. The molecule has 0 saturated heterocycles. The first-order valence-corrected chi connectivity index (χ1v) is 6.02. The van der Waals surface area contributed by atoms with Crippen molar-refractivity contribution >= 4 is 34.5 Å². The Labute approximate surface area is 120 Å². The molecule has 0 aliphatic carbocycles. The van der Waals surface area contributed by atoms with Crippen LogP contribution in [0.3, 0.4) is 0 Å². The van der Waals surface area contributed by atoms with Gasteiger partial charge in [-0.25, -0.2) is 4.79 Å². The van der Waals surface area contributed by atoms with Crippen LogP contribution in [0, 0.1) is 3.57 Å². The second-order valence-corrected chi connectivity index (χ2v) is 4.70. The van der Waals surface area contributed by atoms with Crippen LogP contribution in [-0.4, -0.2) is 23.2 Å². The quantitative estimate of drug-likeness (QED) is 0.478. The zero-order valence-corrected chi connectivity index (χ0v) is 11.8. The maximum atomic E-state index is 12.8. The first-order valence-electron chi connectivity index (χ1n) is 4.94. The molecule has 0 fully saturated rings. The van der Waals surface area contributed by atoms with Crippen molar-refractivity contribution in [3.05, 3.63) is 27.3 Å². The van der Waals surface area contributed by atoms with Crippen LogP contribution in [0.15, 0.2) is 18.2 Å². The molecule has 1 aromatic carbocycles. The summed E-state index contributed by atoms with van der Waals surface area (Å²) in [5, 5.41) is 8.23. The van der Waals surface area contributed by atoms with Gasteiger partial charge in [-0.15, -0.1) is 0 Å². The van der Waals surface area contributed by atoms with Gasteiger partial charge in [0.2, 0.25) is 0 Å². The van der Waals surface area contributed by atoms with Gasteiger partial charge in [0.15, 0.2) is 0 Å². The topological polar surface area (TPSA) is 72.8 Å². The van der Waals surface area contributed by atoms with E-state index in [4.69, 9.17) is 9.84 Å². The number of hydrogen-bond acceptors (Lipinski definition) is 4. The lowest BCUT2D eigenvalue weighted by atomic mass is 10.2. The first-order chi connectivity index (χ1) is 8.72. The molecule has 0 spiro atoms. The van der Waals surface area contributed by atoms with Crippen molar-refractivity contribution in [3.8, 4) is 5.75 Å². The molecule has 8 heteroatoms. The number of esters is 1. The van der Waals surface area contributed by atoms with E-state index in [-0.39, 0.29) is 11.3 Å². The predicted octanol–water partition coefficient (Wildman–Crippen LogP) is 2.41. The van der Waals surface area contributed by atoms with Gasteiger partial charge in [-0.1, -0.05) is 0 Å². The van der Waals surface area contributed by atoms with Crippen molar-refractivity contribution in [2.75, 3.05) is 0 Å². The number of hydrogen-bond donors (Lipinski definition) is 1. The third-order valence-corrected chi connectivity index (χ3v) is 2.61. The van der Waals surface area contributed by atoms with E-state index in [1.165, 1.54) is 12.1 Å². The third-order valence-electron chi connectivity index (χ3n) is 1.93. The highest BCUT2D eigenvalue weighted by atomic mass is 127. The molecular formula is C11H9F2IO5. The van der Waals surface area contributed by atoms with Gasteiger partial charge < -0.3 is 14.6 Å². The van der Waals surface area contributed by atoms with Gasteiger partial charge in [-0.2, -0.15) is 8.78 Å². The Morgan fingerprint density at radius 2 is 2.05 bits per heavy atom. The number of carbonyl (C=O) groups is 2. The van der Waals surface area contributed by atoms with E-state index in [0.717, 1.165) is 6.92 Å². The Morgan fingerprint density at radius 1 is 1.42 bits per heavy atom. The first kappa shape index (κ1) is 15.8. The molecule has 5 nitrogen and oxygen atoms in total. The molecule has 1 aromatic rings. The van der Waals surface area contributed by atoms with Crippen LogP contribution in [0.25, 0.3) is 0 Å². The van der Waals surface area contributed by atoms with E-state index in [9.17, 15) is 18.4 Å². The van der Waals surface area contributed by atoms with Crippen LogP contribution in [0.1, 0.15) is 12.5 Å². The summed E-state index contributed by atoms with van der Waals surface area (Å²) in [6.45, 7) is 0.465. The van der Waals surface area contributed by atoms with Gasteiger partial charge in [-0.3, -0.25) is 4.79 Å². The minimum Gasteiger partial charge on any atom is -0.475 e. The summed E-state index contributed by atoms with van der Waals surface area (Å²) >= 11 is 1.93. The van der Waals surface area contributed by atoms with E-state index in [1.807, 2.05) is 22.6 Å². The molecule has 0 atom stereocenters. The Kier molecular flexibility index (Phi) is 5.18. The summed E-state index contributed by atoms with van der Waals surface area (Å²) < 4.78 is 35.1. The normalized spacial score (nSPS) is 11.2. The maximum absolute atomic E-state index is 12.8. The number of ether oxygens (including phenoxy) is 2. The molecule has 0 aromatic heterocycles. The van der Waals surface area contributed by atoms with Gasteiger partial charge in [0.1, 0.15) is 5.75 Å². The molecule has 19 heavy (non-hydrogen) atoms. The lowest BCUT2D eigenvalue weighted by Gasteiger charge is -2.14. The van der Waals surface area contributed by atoms with Gasteiger partial charge in [0.05, 0.1) is 6.61 Å². The molecule has 0 heterocycles. The fraction of sp³-hybridized carbons (Fsp3) is 0.273. The van der Waals surface area contributed by atoms with Crippen LogP contribution in [0.4, 0.5) is 8.78 Å². The molecule has 0 aliphatic heterocycles. The predicted molar refractivity (Wildman–Crippen MR) is 67.8 cm³/mol. The van der Waals surface area contributed by atoms with Crippen molar-refractivity contribution in [2.45, 2.75) is 19.6 Å². The lowest BCUT2D eigenvalue weighted by molar-refractivity contribution is -0.250. The molecule has 0 amide bonds. The molecule has 104 valence electrons. The summed E-state index contributed by atoms with van der Waals surface area (Å²) in [4.78, 5) is 21.1. The fourth-order valence-corrected chi connectivity index (χ4v) is 1.70. The third kappa shape index (κ3) is 4.71. The minimum absolute atomic E-state index is 0.0501. The largest absolute Gasteiger partial charge is 0.475 e. The van der Waals surface area contributed by atoms with Crippen LogP contribution in [0.2, 0.25) is 0 Å². The van der Waals surface area contributed by atoms with Gasteiger partial charge >= 0.3 is 18.0 Å². The zero-order valence-electron chi connectivity index (χ0n) is 9.65. The number of benzene rings is 1. The number of halogens is 3. The van der Waals surface area contributed by atoms with Crippen molar-refractivity contribution in [2.24, 2.45) is 0 Å². The summed E-state index contributed by atoms with van der Waals surface area (Å²) in [6.07, 6.45) is -4.30. The number of carbonyl (C=O) groups excluding carboxylic acids is 1. The SMILES string of the molecule is CC(=O)Oc1ccc(I)cc1COC(F)(F)C(=O)O. The van der Waals surface area contributed by atoms with Gasteiger partial charge in [0, 0.05) is 16.1 Å². The molecule has 1 N–H and O–H groups in total. The Balaban J connectivity index is 2.90. The van der Waals surface area contributed by atoms with Gasteiger partial charge in [0.25, 0.3) is 0 Å². The fourth-order valence-electron chi connectivity index (χ4n) is 1.15. The Bertz CT molecular complexity index is 504.